The van der Waals surface area contributed by atoms with Crippen molar-refractivity contribution in [2.24, 2.45) is 4.99 Å². The van der Waals surface area contributed by atoms with Gasteiger partial charge in [-0.1, -0.05) is 12.1 Å². The van der Waals surface area contributed by atoms with Crippen molar-refractivity contribution in [1.29, 1.82) is 0 Å². The number of hydrogen-bond donors (Lipinski definition) is 2. The monoisotopic (exact) mass is 403 g/mol. The van der Waals surface area contributed by atoms with Crippen LogP contribution in [0.3, 0.4) is 0 Å². The fourth-order valence-electron chi connectivity index (χ4n) is 3.66. The lowest BCUT2D eigenvalue weighted by Crippen LogP contribution is -2.37. The largest absolute Gasteiger partial charge is 0.418 e. The zero-order chi connectivity index (χ0) is 20.4. The summed E-state index contributed by atoms with van der Waals surface area (Å²) in [7, 11) is 0. The molecule has 2 N–H and O–H groups in total. The van der Waals surface area contributed by atoms with Gasteiger partial charge in [-0.05, 0) is 31.0 Å². The van der Waals surface area contributed by atoms with Gasteiger partial charge in [0, 0.05) is 49.1 Å². The summed E-state index contributed by atoms with van der Waals surface area (Å²) in [5.74, 6) is 0.776. The minimum absolute atomic E-state index is 0.0828. The second kappa shape index (κ2) is 8.12. The average molecular weight is 403 g/mol. The topological polar surface area (TPSA) is 60.8 Å². The summed E-state index contributed by atoms with van der Waals surface area (Å²) in [6.45, 7) is 4.27. The van der Waals surface area contributed by atoms with Crippen LogP contribution in [0.25, 0.3) is 11.3 Å². The maximum atomic E-state index is 13.3. The highest BCUT2D eigenvalue weighted by molar-refractivity contribution is 5.99. The Labute approximate surface area is 167 Å². The third-order valence-corrected chi connectivity index (χ3v) is 5.30. The summed E-state index contributed by atoms with van der Waals surface area (Å²) in [6, 6.07) is 7.41. The normalized spacial score (nSPS) is 18.1. The van der Waals surface area contributed by atoms with Crippen LogP contribution >= 0.6 is 0 Å². The number of nitrogens with zero attached hydrogens (tertiary/aromatic N) is 3. The summed E-state index contributed by atoms with van der Waals surface area (Å²) in [5.41, 5.74) is 1.12. The van der Waals surface area contributed by atoms with Crippen molar-refractivity contribution in [3.8, 4) is 11.3 Å². The average Bonchev–Trinajstić information content (AvgIpc) is 2.72. The second-order valence-electron chi connectivity index (χ2n) is 7.35. The van der Waals surface area contributed by atoms with Gasteiger partial charge in [0.15, 0.2) is 0 Å². The van der Waals surface area contributed by atoms with E-state index in [1.54, 1.807) is 24.7 Å². The number of nitrogens with one attached hydrogen (secondary N) is 1. The number of aromatic nitrogens is 1. The van der Waals surface area contributed by atoms with Gasteiger partial charge in [0.05, 0.1) is 17.4 Å². The molecule has 0 spiro atoms. The van der Waals surface area contributed by atoms with Crippen LogP contribution in [0.4, 0.5) is 18.9 Å². The van der Waals surface area contributed by atoms with E-state index in [0.29, 0.717) is 12.0 Å². The highest BCUT2D eigenvalue weighted by atomic mass is 19.4. The molecular formula is C21H22F3N4O. The summed E-state index contributed by atoms with van der Waals surface area (Å²) in [5, 5.41) is 12.8. The Kier molecular flexibility index (Phi) is 5.56. The van der Waals surface area contributed by atoms with Gasteiger partial charge < -0.3 is 15.3 Å². The van der Waals surface area contributed by atoms with Crippen LogP contribution in [0.15, 0.2) is 41.5 Å². The molecule has 1 radical (unpaired) electrons. The first-order chi connectivity index (χ1) is 13.9. The van der Waals surface area contributed by atoms with E-state index >= 15 is 0 Å². The Bertz CT molecular complexity index is 905. The van der Waals surface area contributed by atoms with Gasteiger partial charge in [0.25, 0.3) is 0 Å². The lowest BCUT2D eigenvalue weighted by Gasteiger charge is -2.30. The Morgan fingerprint density at radius 1 is 1.17 bits per heavy atom. The van der Waals surface area contributed by atoms with Crippen LogP contribution < -0.4 is 5.32 Å². The second-order valence-corrected chi connectivity index (χ2v) is 7.35. The van der Waals surface area contributed by atoms with Crippen LogP contribution in [-0.2, 0) is 6.18 Å². The number of hydrogen-bond acceptors (Lipinski definition) is 5. The predicted molar refractivity (Wildman–Crippen MR) is 105 cm³/mol. The number of likely N-dealkylation sites (tertiary alicyclic amines) is 1. The lowest BCUT2D eigenvalue weighted by atomic mass is 10.0. The minimum atomic E-state index is -4.46. The smallest absolute Gasteiger partial charge is 0.393 e. The lowest BCUT2D eigenvalue weighted by molar-refractivity contribution is -0.137. The van der Waals surface area contributed by atoms with Crippen LogP contribution in [-0.4, -0.2) is 46.6 Å². The summed E-state index contributed by atoms with van der Waals surface area (Å²) >= 11 is 0. The first kappa shape index (κ1) is 19.8. The number of aliphatic hydroxyl groups is 1. The highest BCUT2D eigenvalue weighted by Gasteiger charge is 2.34. The maximum Gasteiger partial charge on any atom is 0.418 e. The number of alkyl halides is 3. The first-order valence-corrected chi connectivity index (χ1v) is 9.64. The number of amidine groups is 1. The van der Waals surface area contributed by atoms with Crippen molar-refractivity contribution < 1.29 is 18.3 Å². The summed E-state index contributed by atoms with van der Waals surface area (Å²) in [4.78, 5) is 10.7. The number of aliphatic hydroxyl groups excluding tert-OH is 1. The maximum absolute atomic E-state index is 13.3. The van der Waals surface area contributed by atoms with Crippen molar-refractivity contribution in [3.05, 3.63) is 54.2 Å². The Morgan fingerprint density at radius 3 is 2.72 bits per heavy atom. The molecule has 4 rings (SSSR count). The Hall–Kier alpha value is -2.45. The molecule has 1 aromatic carbocycles. The van der Waals surface area contributed by atoms with Gasteiger partial charge in [-0.25, -0.2) is 0 Å². The molecule has 29 heavy (non-hydrogen) atoms. The van der Waals surface area contributed by atoms with Crippen molar-refractivity contribution in [2.45, 2.75) is 31.5 Å². The van der Waals surface area contributed by atoms with Crippen molar-refractivity contribution in [1.82, 2.24) is 9.88 Å². The molecule has 0 amide bonds. The van der Waals surface area contributed by atoms with E-state index in [-0.39, 0.29) is 11.8 Å². The number of pyridine rings is 1. The molecule has 2 aliphatic heterocycles. The molecule has 2 aliphatic rings. The molecular weight excluding hydrogens is 381 g/mol. The van der Waals surface area contributed by atoms with E-state index in [9.17, 15) is 18.3 Å². The zero-order valence-corrected chi connectivity index (χ0v) is 15.8. The molecule has 1 fully saturated rings. The molecule has 0 aliphatic carbocycles. The fourth-order valence-corrected chi connectivity index (χ4v) is 3.66. The van der Waals surface area contributed by atoms with Crippen molar-refractivity contribution in [2.75, 3.05) is 25.0 Å². The molecule has 0 bridgehead atoms. The molecule has 0 saturated carbocycles. The van der Waals surface area contributed by atoms with Gasteiger partial charge in [-0.2, -0.15) is 13.2 Å². The van der Waals surface area contributed by atoms with Crippen LogP contribution in [0.2, 0.25) is 0 Å². The quantitative estimate of drug-likeness (QED) is 0.812. The first-order valence-electron chi connectivity index (χ1n) is 9.64. The summed E-state index contributed by atoms with van der Waals surface area (Å²) < 4.78 is 40.0. The number of aliphatic imine (C=N–C) groups is 1. The van der Waals surface area contributed by atoms with Gasteiger partial charge in [0.1, 0.15) is 12.4 Å². The van der Waals surface area contributed by atoms with Gasteiger partial charge >= 0.3 is 6.18 Å². The van der Waals surface area contributed by atoms with E-state index in [1.807, 2.05) is 0 Å². The molecule has 1 aromatic heterocycles. The SMILES string of the molecule is OC1CCN(CCC2=N[CH]c3ccc(-c4ncccc4C(F)(F)F)cc3N2)CC1. The number of rotatable bonds is 4. The molecule has 5 nitrogen and oxygen atoms in total. The third kappa shape index (κ3) is 4.59. The number of benzene rings is 1. The molecule has 2 aromatic rings. The van der Waals surface area contributed by atoms with E-state index < -0.39 is 11.7 Å². The predicted octanol–water partition coefficient (Wildman–Crippen LogP) is 3.95. The third-order valence-electron chi connectivity index (χ3n) is 5.30. The van der Waals surface area contributed by atoms with Crippen LogP contribution in [0, 0.1) is 6.54 Å². The van der Waals surface area contributed by atoms with E-state index in [1.165, 1.54) is 12.3 Å². The molecule has 3 heterocycles. The van der Waals surface area contributed by atoms with Crippen LogP contribution in [0.1, 0.15) is 30.4 Å². The summed E-state index contributed by atoms with van der Waals surface area (Å²) in [6.07, 6.45) is -1.04. The van der Waals surface area contributed by atoms with Crippen molar-refractivity contribution >= 4 is 11.5 Å². The Balaban J connectivity index is 1.48. The molecule has 1 saturated heterocycles. The molecule has 0 atom stereocenters. The number of fused-ring (bicyclic) bond motifs is 1. The fraction of sp³-hybridized carbons (Fsp3) is 0.381. The zero-order valence-electron chi connectivity index (χ0n) is 15.8. The van der Waals surface area contributed by atoms with Crippen LogP contribution in [0.5, 0.6) is 0 Å². The minimum Gasteiger partial charge on any atom is -0.393 e. The highest BCUT2D eigenvalue weighted by Crippen LogP contribution is 2.37. The van der Waals surface area contributed by atoms with E-state index in [2.05, 4.69) is 20.2 Å². The molecule has 8 heteroatoms. The number of halogens is 3. The number of piperidine rings is 1. The standard InChI is InChI=1S/C21H22F3N4O/c22-21(23,24)17-2-1-8-25-20(17)14-3-4-15-13-26-19(27-18(15)12-14)7-11-28-9-5-16(29)6-10-28/h1-4,8,12-13,16,29H,5-7,9-11H2,(H,26,27). The Morgan fingerprint density at radius 2 is 1.97 bits per heavy atom. The molecule has 0 unspecified atom stereocenters. The van der Waals surface area contributed by atoms with E-state index in [4.69, 9.17) is 0 Å². The van der Waals surface area contributed by atoms with E-state index in [0.717, 1.165) is 55.6 Å². The van der Waals surface area contributed by atoms with Gasteiger partial charge in [0.2, 0.25) is 0 Å². The molecule has 153 valence electrons. The van der Waals surface area contributed by atoms with Gasteiger partial charge in [-0.3, -0.25) is 9.98 Å². The van der Waals surface area contributed by atoms with Gasteiger partial charge in [-0.15, -0.1) is 0 Å². The van der Waals surface area contributed by atoms with Crippen molar-refractivity contribution in [3.63, 3.8) is 0 Å². The number of anilines is 1.